The van der Waals surface area contributed by atoms with Crippen molar-refractivity contribution in [1.29, 1.82) is 5.26 Å². The van der Waals surface area contributed by atoms with Crippen LogP contribution in [0.5, 0.6) is 5.75 Å². The summed E-state index contributed by atoms with van der Waals surface area (Å²) in [6.07, 6.45) is -0.411. The van der Waals surface area contributed by atoms with Crippen molar-refractivity contribution < 1.29 is 9.47 Å². The summed E-state index contributed by atoms with van der Waals surface area (Å²) in [5.41, 5.74) is 1.43. The first-order chi connectivity index (χ1) is 11.3. The van der Waals surface area contributed by atoms with Crippen LogP contribution in [0.2, 0.25) is 5.02 Å². The zero-order valence-corrected chi connectivity index (χ0v) is 13.3. The van der Waals surface area contributed by atoms with Crippen molar-refractivity contribution in [3.8, 4) is 11.8 Å². The Morgan fingerprint density at radius 2 is 2.09 bits per heavy atom. The van der Waals surface area contributed by atoms with Gasteiger partial charge in [0.1, 0.15) is 17.9 Å². The smallest absolute Gasteiger partial charge is 0.151 e. The van der Waals surface area contributed by atoms with Gasteiger partial charge in [-0.05, 0) is 23.8 Å². The number of halogens is 1. The molecule has 2 aromatic carbocycles. The predicted molar refractivity (Wildman–Crippen MR) is 88.6 cm³/mol. The second-order valence-corrected chi connectivity index (χ2v) is 5.75. The van der Waals surface area contributed by atoms with Gasteiger partial charge in [0, 0.05) is 18.1 Å². The molecular formula is C18H17ClN2O2. The van der Waals surface area contributed by atoms with Crippen molar-refractivity contribution in [1.82, 2.24) is 5.32 Å². The van der Waals surface area contributed by atoms with Crippen LogP contribution in [0.25, 0.3) is 0 Å². The lowest BCUT2D eigenvalue weighted by Crippen LogP contribution is -2.43. The molecule has 0 aliphatic carbocycles. The Bertz CT molecular complexity index is 694. The topological polar surface area (TPSA) is 54.3 Å². The van der Waals surface area contributed by atoms with E-state index in [0.29, 0.717) is 29.5 Å². The number of nitrogens with zero attached hydrogens (tertiary/aromatic N) is 1. The summed E-state index contributed by atoms with van der Waals surface area (Å²) >= 11 is 5.96. The molecule has 0 radical (unpaired) electrons. The molecule has 5 heteroatoms. The summed E-state index contributed by atoms with van der Waals surface area (Å²) in [5, 5.41) is 13.1. The molecule has 118 valence electrons. The monoisotopic (exact) mass is 328 g/mol. The normalized spacial score (nSPS) is 18.9. The van der Waals surface area contributed by atoms with Crippen molar-refractivity contribution in [2.45, 2.75) is 12.2 Å². The molecule has 1 N–H and O–H groups in total. The molecule has 2 aromatic rings. The highest BCUT2D eigenvalue weighted by molar-refractivity contribution is 6.30. The molecule has 1 saturated heterocycles. The minimum atomic E-state index is -0.294. The van der Waals surface area contributed by atoms with E-state index < -0.39 is 0 Å². The molecule has 4 nitrogen and oxygen atoms in total. The fraction of sp³-hybridized carbons (Fsp3) is 0.278. The van der Waals surface area contributed by atoms with Crippen molar-refractivity contribution >= 4 is 11.6 Å². The number of benzene rings is 2. The molecule has 0 saturated carbocycles. The number of nitrogens with one attached hydrogen (secondary N) is 1. The first-order valence-electron chi connectivity index (χ1n) is 7.51. The Morgan fingerprint density at radius 1 is 1.26 bits per heavy atom. The molecule has 1 aliphatic rings. The van der Waals surface area contributed by atoms with E-state index in [1.165, 1.54) is 0 Å². The molecule has 1 heterocycles. The Kier molecular flexibility index (Phi) is 5.14. The lowest BCUT2D eigenvalue weighted by atomic mass is 10.0. The quantitative estimate of drug-likeness (QED) is 0.935. The minimum absolute atomic E-state index is 0.117. The van der Waals surface area contributed by atoms with Gasteiger partial charge in [-0.1, -0.05) is 41.9 Å². The first-order valence-corrected chi connectivity index (χ1v) is 7.89. The van der Waals surface area contributed by atoms with Crippen molar-refractivity contribution in [2.75, 3.05) is 19.7 Å². The van der Waals surface area contributed by atoms with E-state index in [4.69, 9.17) is 21.1 Å². The van der Waals surface area contributed by atoms with Crippen LogP contribution in [0.3, 0.4) is 0 Å². The summed E-state index contributed by atoms with van der Waals surface area (Å²) in [4.78, 5) is 0. The van der Waals surface area contributed by atoms with E-state index in [9.17, 15) is 5.26 Å². The van der Waals surface area contributed by atoms with E-state index in [-0.39, 0.29) is 12.2 Å². The molecule has 3 rings (SSSR count). The van der Waals surface area contributed by atoms with Crippen LogP contribution in [0.1, 0.15) is 17.2 Å². The lowest BCUT2D eigenvalue weighted by Gasteiger charge is -2.31. The third-order valence-corrected chi connectivity index (χ3v) is 3.97. The number of rotatable bonds is 4. The Balaban J connectivity index is 1.91. The Hall–Kier alpha value is -2.06. The van der Waals surface area contributed by atoms with Gasteiger partial charge in [0.25, 0.3) is 0 Å². The van der Waals surface area contributed by atoms with E-state index in [2.05, 4.69) is 11.4 Å². The molecule has 2 atom stereocenters. The highest BCUT2D eigenvalue weighted by Crippen LogP contribution is 2.30. The average Bonchev–Trinajstić information content (AvgIpc) is 2.62. The molecular weight excluding hydrogens is 312 g/mol. The van der Waals surface area contributed by atoms with Gasteiger partial charge in [0.15, 0.2) is 6.10 Å². The van der Waals surface area contributed by atoms with Crippen LogP contribution in [-0.4, -0.2) is 25.8 Å². The van der Waals surface area contributed by atoms with Gasteiger partial charge in [-0.2, -0.15) is 5.26 Å². The SMILES string of the molecule is N#Cc1cc(Cl)ccc1O[C@H](c1ccccc1)C1CNCCO1. The van der Waals surface area contributed by atoms with E-state index in [1.54, 1.807) is 18.2 Å². The largest absolute Gasteiger partial charge is 0.482 e. The second-order valence-electron chi connectivity index (χ2n) is 5.31. The molecule has 0 spiro atoms. The molecule has 1 unspecified atom stereocenters. The maximum absolute atomic E-state index is 9.30. The molecule has 1 fully saturated rings. The average molecular weight is 329 g/mol. The van der Waals surface area contributed by atoms with Crippen molar-refractivity contribution in [2.24, 2.45) is 0 Å². The zero-order chi connectivity index (χ0) is 16.1. The maximum Gasteiger partial charge on any atom is 0.151 e. The van der Waals surface area contributed by atoms with Gasteiger partial charge in [0.2, 0.25) is 0 Å². The van der Waals surface area contributed by atoms with Crippen LogP contribution < -0.4 is 10.1 Å². The number of nitriles is 1. The van der Waals surface area contributed by atoms with Crippen LogP contribution in [0, 0.1) is 11.3 Å². The number of morpholine rings is 1. The standard InChI is InChI=1S/C18H17ClN2O2/c19-15-6-7-16(14(10-15)11-20)23-18(13-4-2-1-3-5-13)17-12-21-8-9-22-17/h1-7,10,17-18,21H,8-9,12H2/t17?,18-/m1/s1. The Morgan fingerprint density at radius 3 is 2.78 bits per heavy atom. The molecule has 0 amide bonds. The van der Waals surface area contributed by atoms with Crippen molar-refractivity contribution in [3.05, 3.63) is 64.7 Å². The van der Waals surface area contributed by atoms with E-state index >= 15 is 0 Å². The van der Waals surface area contributed by atoms with Gasteiger partial charge in [-0.15, -0.1) is 0 Å². The van der Waals surface area contributed by atoms with Crippen LogP contribution in [0.15, 0.2) is 48.5 Å². The number of hydrogen-bond donors (Lipinski definition) is 1. The third-order valence-electron chi connectivity index (χ3n) is 3.74. The lowest BCUT2D eigenvalue weighted by molar-refractivity contribution is -0.0433. The molecule has 0 aromatic heterocycles. The van der Waals surface area contributed by atoms with E-state index in [1.807, 2.05) is 30.3 Å². The summed E-state index contributed by atoms with van der Waals surface area (Å²) in [6.45, 7) is 2.18. The zero-order valence-electron chi connectivity index (χ0n) is 12.5. The highest BCUT2D eigenvalue weighted by Gasteiger charge is 2.28. The fourth-order valence-electron chi connectivity index (χ4n) is 2.61. The minimum Gasteiger partial charge on any atom is -0.482 e. The van der Waals surface area contributed by atoms with Gasteiger partial charge in [-0.25, -0.2) is 0 Å². The summed E-state index contributed by atoms with van der Waals surface area (Å²) < 4.78 is 12.0. The van der Waals surface area contributed by atoms with Crippen LogP contribution in [0.4, 0.5) is 0 Å². The predicted octanol–water partition coefficient (Wildman–Crippen LogP) is 3.32. The first kappa shape index (κ1) is 15.8. The fourth-order valence-corrected chi connectivity index (χ4v) is 2.78. The number of ether oxygens (including phenoxy) is 2. The van der Waals surface area contributed by atoms with Crippen LogP contribution in [-0.2, 0) is 4.74 Å². The summed E-state index contributed by atoms with van der Waals surface area (Å²) in [6, 6.07) is 17.1. The van der Waals surface area contributed by atoms with Gasteiger partial charge in [-0.3, -0.25) is 0 Å². The van der Waals surface area contributed by atoms with Crippen molar-refractivity contribution in [3.63, 3.8) is 0 Å². The third kappa shape index (κ3) is 3.83. The van der Waals surface area contributed by atoms with E-state index in [0.717, 1.165) is 12.1 Å². The maximum atomic E-state index is 9.30. The molecule has 0 bridgehead atoms. The van der Waals surface area contributed by atoms with Gasteiger partial charge >= 0.3 is 0 Å². The molecule has 23 heavy (non-hydrogen) atoms. The Labute approximate surface area is 140 Å². The molecule has 1 aliphatic heterocycles. The van der Waals surface area contributed by atoms with Gasteiger partial charge < -0.3 is 14.8 Å². The summed E-state index contributed by atoms with van der Waals surface area (Å²) in [7, 11) is 0. The van der Waals surface area contributed by atoms with Gasteiger partial charge in [0.05, 0.1) is 12.2 Å². The summed E-state index contributed by atoms with van der Waals surface area (Å²) in [5.74, 6) is 0.514. The second kappa shape index (κ2) is 7.47. The highest BCUT2D eigenvalue weighted by atomic mass is 35.5. The van der Waals surface area contributed by atoms with Crippen LogP contribution >= 0.6 is 11.6 Å². The number of hydrogen-bond acceptors (Lipinski definition) is 4.